The molecule has 0 atom stereocenters. The summed E-state index contributed by atoms with van der Waals surface area (Å²) in [4.78, 5) is 18.2. The quantitative estimate of drug-likeness (QED) is 0.597. The van der Waals surface area contributed by atoms with Crippen LogP contribution in [0, 0.1) is 11.3 Å². The molecular formula is C19H33N3O5S. The van der Waals surface area contributed by atoms with Crippen LogP contribution in [0.15, 0.2) is 11.4 Å². The molecule has 160 valence electrons. The van der Waals surface area contributed by atoms with Crippen LogP contribution >= 0.6 is 0 Å². The summed E-state index contributed by atoms with van der Waals surface area (Å²) in [7, 11) is -0.492. The Hall–Kier alpha value is -1.45. The zero-order chi connectivity index (χ0) is 20.9. The third kappa shape index (κ3) is 6.02. The highest BCUT2D eigenvalue weighted by Gasteiger charge is 2.30. The van der Waals surface area contributed by atoms with Crippen LogP contribution in [-0.2, 0) is 37.2 Å². The fourth-order valence-corrected chi connectivity index (χ4v) is 5.57. The Labute approximate surface area is 168 Å². The molecule has 2 rings (SSSR count). The van der Waals surface area contributed by atoms with Crippen molar-refractivity contribution < 1.29 is 22.7 Å². The van der Waals surface area contributed by atoms with Crippen molar-refractivity contribution in [1.29, 1.82) is 0 Å². The van der Waals surface area contributed by atoms with Crippen LogP contribution in [0.25, 0.3) is 0 Å². The molecular weight excluding hydrogens is 382 g/mol. The summed E-state index contributed by atoms with van der Waals surface area (Å²) in [6.07, 6.45) is 3.14. The topological polar surface area (TPSA) is 90.7 Å². The maximum Gasteiger partial charge on any atom is 0.308 e. The molecule has 2 heterocycles. The minimum absolute atomic E-state index is 0.0357. The summed E-state index contributed by atoms with van der Waals surface area (Å²) in [5.74, 6) is -0.170. The average Bonchev–Trinajstić information content (AvgIpc) is 3.01. The molecule has 0 aliphatic carbocycles. The second kappa shape index (κ2) is 9.37. The second-order valence-corrected chi connectivity index (χ2v) is 10.5. The van der Waals surface area contributed by atoms with Gasteiger partial charge in [0.05, 0.1) is 37.3 Å². The molecule has 0 spiro atoms. The summed E-state index contributed by atoms with van der Waals surface area (Å²) < 4.78 is 37.6. The number of hydrogen-bond donors (Lipinski definition) is 0. The Morgan fingerprint density at radius 3 is 2.43 bits per heavy atom. The van der Waals surface area contributed by atoms with Crippen LogP contribution in [0.3, 0.4) is 0 Å². The number of likely N-dealkylation sites (tertiary alicyclic amines) is 1. The zero-order valence-electron chi connectivity index (χ0n) is 17.6. The number of carbonyl (C=O) groups is 1. The van der Waals surface area contributed by atoms with Crippen LogP contribution in [0.2, 0.25) is 0 Å². The van der Waals surface area contributed by atoms with Gasteiger partial charge in [-0.15, -0.1) is 0 Å². The number of ether oxygens (including phenoxy) is 2. The number of aromatic nitrogens is 2. The van der Waals surface area contributed by atoms with Gasteiger partial charge >= 0.3 is 5.97 Å². The molecule has 0 aromatic carbocycles. The van der Waals surface area contributed by atoms with Crippen molar-refractivity contribution in [2.24, 2.45) is 11.3 Å². The number of imidazole rings is 1. The lowest BCUT2D eigenvalue weighted by molar-refractivity contribution is -0.147. The van der Waals surface area contributed by atoms with Crippen LogP contribution in [0.4, 0.5) is 0 Å². The van der Waals surface area contributed by atoms with Crippen molar-refractivity contribution in [3.8, 4) is 0 Å². The normalized spacial score (nSPS) is 17.0. The molecule has 0 N–H and O–H groups in total. The number of piperidine rings is 1. The molecule has 1 saturated heterocycles. The predicted molar refractivity (Wildman–Crippen MR) is 106 cm³/mol. The van der Waals surface area contributed by atoms with Crippen molar-refractivity contribution >= 4 is 15.8 Å². The first kappa shape index (κ1) is 22.8. The van der Waals surface area contributed by atoms with Gasteiger partial charge in [0, 0.05) is 20.2 Å². The van der Waals surface area contributed by atoms with Gasteiger partial charge in [-0.3, -0.25) is 9.69 Å². The first-order chi connectivity index (χ1) is 13.1. The Balaban J connectivity index is 2.17. The van der Waals surface area contributed by atoms with Gasteiger partial charge < -0.3 is 14.0 Å². The van der Waals surface area contributed by atoms with E-state index in [0.717, 1.165) is 31.6 Å². The SMILES string of the molecule is COCCn1c(CN2CCC(C(=O)OC)CC2)cnc1S(=O)(=O)CC(C)(C)C. The van der Waals surface area contributed by atoms with E-state index in [1.807, 2.05) is 20.8 Å². The number of methoxy groups -OCH3 is 2. The van der Waals surface area contributed by atoms with Gasteiger partial charge in [-0.2, -0.15) is 0 Å². The van der Waals surface area contributed by atoms with E-state index in [4.69, 9.17) is 9.47 Å². The van der Waals surface area contributed by atoms with E-state index in [0.29, 0.717) is 19.7 Å². The summed E-state index contributed by atoms with van der Waals surface area (Å²) in [6.45, 7) is 8.67. The number of hydrogen-bond acceptors (Lipinski definition) is 7. The van der Waals surface area contributed by atoms with Gasteiger partial charge in [-0.05, 0) is 31.3 Å². The largest absolute Gasteiger partial charge is 0.469 e. The fourth-order valence-electron chi connectivity index (χ4n) is 3.55. The minimum Gasteiger partial charge on any atom is -0.469 e. The molecule has 28 heavy (non-hydrogen) atoms. The lowest BCUT2D eigenvalue weighted by Crippen LogP contribution is -2.37. The summed E-state index contributed by atoms with van der Waals surface area (Å²) in [5, 5.41) is 0.110. The number of carbonyl (C=O) groups excluding carboxylic acids is 1. The second-order valence-electron chi connectivity index (χ2n) is 8.57. The summed E-state index contributed by atoms with van der Waals surface area (Å²) in [6, 6.07) is 0. The maximum absolute atomic E-state index is 12.9. The van der Waals surface area contributed by atoms with Gasteiger partial charge in [-0.25, -0.2) is 13.4 Å². The first-order valence-electron chi connectivity index (χ1n) is 9.63. The summed E-state index contributed by atoms with van der Waals surface area (Å²) in [5.41, 5.74) is 0.494. The molecule has 9 heteroatoms. The summed E-state index contributed by atoms with van der Waals surface area (Å²) >= 11 is 0. The monoisotopic (exact) mass is 415 g/mol. The van der Waals surface area contributed by atoms with Crippen molar-refractivity contribution in [3.05, 3.63) is 11.9 Å². The molecule has 0 radical (unpaired) electrons. The van der Waals surface area contributed by atoms with Gasteiger partial charge in [-0.1, -0.05) is 20.8 Å². The molecule has 0 amide bonds. The first-order valence-corrected chi connectivity index (χ1v) is 11.3. The number of nitrogens with zero attached hydrogens (tertiary/aromatic N) is 3. The van der Waals surface area contributed by atoms with Crippen molar-refractivity contribution in [2.45, 2.75) is 51.9 Å². The lowest BCUT2D eigenvalue weighted by atomic mass is 9.97. The predicted octanol–water partition coefficient (Wildman–Crippen LogP) is 1.73. The molecule has 0 bridgehead atoms. The molecule has 0 saturated carbocycles. The minimum atomic E-state index is -3.51. The lowest BCUT2D eigenvalue weighted by Gasteiger charge is -2.30. The van der Waals surface area contributed by atoms with E-state index in [2.05, 4.69) is 9.88 Å². The number of esters is 1. The van der Waals surface area contributed by atoms with E-state index in [1.54, 1.807) is 17.9 Å². The van der Waals surface area contributed by atoms with Gasteiger partial charge in [0.25, 0.3) is 0 Å². The Morgan fingerprint density at radius 2 is 1.89 bits per heavy atom. The standard InChI is InChI=1S/C19H33N3O5S/c1-19(2,3)14-28(24,25)18-20-12-16(22(18)10-11-26-4)13-21-8-6-15(7-9-21)17(23)27-5/h12,15H,6-11,13-14H2,1-5H3. The third-order valence-electron chi connectivity index (χ3n) is 4.83. The van der Waals surface area contributed by atoms with E-state index < -0.39 is 9.84 Å². The molecule has 1 aliphatic heterocycles. The highest BCUT2D eigenvalue weighted by atomic mass is 32.2. The molecule has 1 fully saturated rings. The van der Waals surface area contributed by atoms with Gasteiger partial charge in [0.1, 0.15) is 0 Å². The number of rotatable bonds is 8. The van der Waals surface area contributed by atoms with Crippen LogP contribution < -0.4 is 0 Å². The molecule has 1 aliphatic rings. The highest BCUT2D eigenvalue weighted by molar-refractivity contribution is 7.91. The molecule has 8 nitrogen and oxygen atoms in total. The fraction of sp³-hybridized carbons (Fsp3) is 0.789. The van der Waals surface area contributed by atoms with Crippen molar-refractivity contribution in [1.82, 2.24) is 14.5 Å². The van der Waals surface area contributed by atoms with Crippen LogP contribution in [0.5, 0.6) is 0 Å². The van der Waals surface area contributed by atoms with Gasteiger partial charge in [0.15, 0.2) is 0 Å². The Bertz CT molecular complexity index is 759. The zero-order valence-corrected chi connectivity index (χ0v) is 18.4. The van der Waals surface area contributed by atoms with E-state index in [-0.39, 0.29) is 28.2 Å². The van der Waals surface area contributed by atoms with E-state index in [1.165, 1.54) is 7.11 Å². The third-order valence-corrected chi connectivity index (χ3v) is 6.96. The smallest absolute Gasteiger partial charge is 0.308 e. The van der Waals surface area contributed by atoms with Crippen LogP contribution in [-0.4, -0.2) is 68.5 Å². The average molecular weight is 416 g/mol. The maximum atomic E-state index is 12.9. The van der Waals surface area contributed by atoms with E-state index >= 15 is 0 Å². The van der Waals surface area contributed by atoms with Gasteiger partial charge in [0.2, 0.25) is 15.0 Å². The number of sulfone groups is 1. The van der Waals surface area contributed by atoms with Crippen LogP contribution in [0.1, 0.15) is 39.3 Å². The molecule has 1 aromatic heterocycles. The Kier molecular flexibility index (Phi) is 7.64. The van der Waals surface area contributed by atoms with E-state index in [9.17, 15) is 13.2 Å². The molecule has 1 aromatic rings. The highest BCUT2D eigenvalue weighted by Crippen LogP contribution is 2.24. The Morgan fingerprint density at radius 1 is 1.25 bits per heavy atom. The van der Waals surface area contributed by atoms with Crippen molar-refractivity contribution in [2.75, 3.05) is 39.7 Å². The van der Waals surface area contributed by atoms with Crippen molar-refractivity contribution in [3.63, 3.8) is 0 Å². The molecule has 0 unspecified atom stereocenters.